The van der Waals surface area contributed by atoms with Crippen LogP contribution < -0.4 is 0 Å². The predicted octanol–water partition coefficient (Wildman–Crippen LogP) is 3.86. The molecule has 0 aliphatic carbocycles. The van der Waals surface area contributed by atoms with Crippen molar-refractivity contribution < 1.29 is 0 Å². The number of rotatable bonds is 1. The molecule has 2 heteroatoms. The number of allylic oxidation sites excluding steroid dienone is 1. The molecule has 68 valence electrons. The van der Waals surface area contributed by atoms with Crippen LogP contribution in [0.3, 0.4) is 0 Å². The summed E-state index contributed by atoms with van der Waals surface area (Å²) in [6, 6.07) is 10.6. The molecule has 0 unspecified atom stereocenters. The monoisotopic (exact) mass is 208 g/mol. The lowest BCUT2D eigenvalue weighted by Crippen LogP contribution is -1.79. The van der Waals surface area contributed by atoms with Gasteiger partial charge in [-0.1, -0.05) is 30.3 Å². The minimum Gasteiger partial charge on any atom is -0.118 e. The van der Waals surface area contributed by atoms with Crippen LogP contribution in [0.4, 0.5) is 0 Å². The largest absolute Gasteiger partial charge is 0.118 e. The van der Waals surface area contributed by atoms with Gasteiger partial charge in [0.15, 0.2) is 0 Å². The Morgan fingerprint density at radius 2 is 1.69 bits per heavy atom. The Kier molecular flexibility index (Phi) is 3.01. The highest BCUT2D eigenvalue weighted by molar-refractivity contribution is 8.25. The normalized spacial score (nSPS) is 16.2. The lowest BCUT2D eigenvalue weighted by atomic mass is 10.1. The Hall–Kier alpha value is -0.340. The summed E-state index contributed by atoms with van der Waals surface area (Å²) >= 11 is 3.98. The molecule has 1 aliphatic rings. The molecule has 1 saturated heterocycles. The van der Waals surface area contributed by atoms with Gasteiger partial charge in [0, 0.05) is 15.7 Å². The van der Waals surface area contributed by atoms with Crippen molar-refractivity contribution in [3.63, 3.8) is 0 Å². The quantitative estimate of drug-likeness (QED) is 0.687. The molecule has 1 fully saturated rings. The van der Waals surface area contributed by atoms with Gasteiger partial charge >= 0.3 is 0 Å². The summed E-state index contributed by atoms with van der Waals surface area (Å²) in [7, 11) is 0. The Labute approximate surface area is 87.8 Å². The van der Waals surface area contributed by atoms with E-state index in [9.17, 15) is 0 Å². The maximum absolute atomic E-state index is 2.22. The van der Waals surface area contributed by atoms with Crippen LogP contribution in [0.1, 0.15) is 12.5 Å². The first-order chi connectivity index (χ1) is 6.38. The summed E-state index contributed by atoms with van der Waals surface area (Å²) in [6.07, 6.45) is 0. The topological polar surface area (TPSA) is 0 Å². The van der Waals surface area contributed by atoms with Crippen molar-refractivity contribution >= 4 is 29.1 Å². The summed E-state index contributed by atoms with van der Waals surface area (Å²) in [4.78, 5) is 0. The Bertz CT molecular complexity index is 306. The smallest absolute Gasteiger partial charge is 0.0436 e. The summed E-state index contributed by atoms with van der Waals surface area (Å²) < 4.78 is 1.51. The minimum atomic E-state index is 1.27. The van der Waals surface area contributed by atoms with Crippen molar-refractivity contribution in [2.75, 3.05) is 11.5 Å². The van der Waals surface area contributed by atoms with Gasteiger partial charge in [-0.25, -0.2) is 0 Å². The Morgan fingerprint density at radius 3 is 2.31 bits per heavy atom. The molecule has 0 aromatic heterocycles. The van der Waals surface area contributed by atoms with Crippen molar-refractivity contribution in [3.8, 4) is 0 Å². The van der Waals surface area contributed by atoms with E-state index in [2.05, 4.69) is 37.3 Å². The Morgan fingerprint density at radius 1 is 1.08 bits per heavy atom. The first-order valence-corrected chi connectivity index (χ1v) is 6.37. The van der Waals surface area contributed by atoms with Crippen LogP contribution in [0, 0.1) is 0 Å². The highest BCUT2D eigenvalue weighted by Gasteiger charge is 2.11. The van der Waals surface area contributed by atoms with E-state index in [4.69, 9.17) is 0 Å². The van der Waals surface area contributed by atoms with E-state index in [1.54, 1.807) is 0 Å². The van der Waals surface area contributed by atoms with Gasteiger partial charge < -0.3 is 0 Å². The van der Waals surface area contributed by atoms with Crippen molar-refractivity contribution in [3.05, 3.63) is 40.1 Å². The number of hydrogen-bond acceptors (Lipinski definition) is 2. The van der Waals surface area contributed by atoms with E-state index < -0.39 is 0 Å². The van der Waals surface area contributed by atoms with Crippen molar-refractivity contribution in [1.29, 1.82) is 0 Å². The first kappa shape index (κ1) is 9.22. The zero-order chi connectivity index (χ0) is 9.10. The molecule has 1 heterocycles. The van der Waals surface area contributed by atoms with Crippen LogP contribution in [0.2, 0.25) is 0 Å². The molecular weight excluding hydrogens is 196 g/mol. The summed E-state index contributed by atoms with van der Waals surface area (Å²) in [5.41, 5.74) is 2.80. The fourth-order valence-corrected chi connectivity index (χ4v) is 3.87. The molecule has 0 spiro atoms. The van der Waals surface area contributed by atoms with Gasteiger partial charge in [0.05, 0.1) is 0 Å². The lowest BCUT2D eigenvalue weighted by molar-refractivity contribution is 1.58. The second kappa shape index (κ2) is 4.25. The van der Waals surface area contributed by atoms with Crippen LogP contribution in [0.15, 0.2) is 34.6 Å². The molecule has 0 N–H and O–H groups in total. The second-order valence-corrected chi connectivity index (χ2v) is 5.44. The summed E-state index contributed by atoms with van der Waals surface area (Å²) in [6.45, 7) is 2.22. The molecule has 0 atom stereocenters. The molecule has 0 saturated carbocycles. The van der Waals surface area contributed by atoms with Crippen LogP contribution >= 0.6 is 23.5 Å². The molecule has 0 nitrogen and oxygen atoms in total. The highest BCUT2D eigenvalue weighted by atomic mass is 32.2. The SMILES string of the molecule is CC(=C1SCCS1)c1ccccc1. The van der Waals surface area contributed by atoms with Gasteiger partial charge in [0.2, 0.25) is 0 Å². The van der Waals surface area contributed by atoms with Crippen molar-refractivity contribution in [2.24, 2.45) is 0 Å². The molecular formula is C11H12S2. The average molecular weight is 208 g/mol. The average Bonchev–Trinajstić information content (AvgIpc) is 2.71. The third-order valence-electron chi connectivity index (χ3n) is 2.06. The molecule has 13 heavy (non-hydrogen) atoms. The Balaban J connectivity index is 2.30. The fourth-order valence-electron chi connectivity index (χ4n) is 1.33. The van der Waals surface area contributed by atoms with E-state index in [0.29, 0.717) is 0 Å². The zero-order valence-corrected chi connectivity index (χ0v) is 9.25. The van der Waals surface area contributed by atoms with E-state index in [-0.39, 0.29) is 0 Å². The minimum absolute atomic E-state index is 1.27. The van der Waals surface area contributed by atoms with E-state index in [1.807, 2.05) is 23.5 Å². The number of hydrogen-bond donors (Lipinski definition) is 0. The zero-order valence-electron chi connectivity index (χ0n) is 7.62. The van der Waals surface area contributed by atoms with Crippen LogP contribution in [-0.4, -0.2) is 11.5 Å². The molecule has 1 aliphatic heterocycles. The summed E-state index contributed by atoms with van der Waals surface area (Å²) in [5.74, 6) is 2.54. The summed E-state index contributed by atoms with van der Waals surface area (Å²) in [5, 5.41) is 0. The van der Waals surface area contributed by atoms with Crippen LogP contribution in [0.5, 0.6) is 0 Å². The third kappa shape index (κ3) is 2.12. The molecule has 1 aromatic carbocycles. The lowest BCUT2D eigenvalue weighted by Gasteiger charge is -2.03. The van der Waals surface area contributed by atoms with E-state index in [0.717, 1.165) is 0 Å². The van der Waals surface area contributed by atoms with Crippen LogP contribution in [-0.2, 0) is 0 Å². The van der Waals surface area contributed by atoms with Crippen molar-refractivity contribution in [1.82, 2.24) is 0 Å². The number of thioether (sulfide) groups is 2. The van der Waals surface area contributed by atoms with Gasteiger partial charge in [-0.15, -0.1) is 23.5 Å². The van der Waals surface area contributed by atoms with E-state index >= 15 is 0 Å². The van der Waals surface area contributed by atoms with Gasteiger partial charge in [-0.3, -0.25) is 0 Å². The molecule has 0 bridgehead atoms. The maximum atomic E-state index is 2.22. The predicted molar refractivity (Wildman–Crippen MR) is 64.0 cm³/mol. The van der Waals surface area contributed by atoms with Gasteiger partial charge in [0.25, 0.3) is 0 Å². The first-order valence-electron chi connectivity index (χ1n) is 4.40. The highest BCUT2D eigenvalue weighted by Crippen LogP contribution is 2.41. The van der Waals surface area contributed by atoms with Gasteiger partial charge in [-0.2, -0.15) is 0 Å². The molecule has 0 amide bonds. The third-order valence-corrected chi connectivity index (χ3v) is 4.98. The van der Waals surface area contributed by atoms with Gasteiger partial charge in [0.1, 0.15) is 0 Å². The number of benzene rings is 1. The second-order valence-electron chi connectivity index (χ2n) is 2.98. The fraction of sp³-hybridized carbons (Fsp3) is 0.273. The van der Waals surface area contributed by atoms with Gasteiger partial charge in [-0.05, 0) is 18.1 Å². The van der Waals surface area contributed by atoms with E-state index in [1.165, 1.54) is 26.9 Å². The molecule has 0 radical (unpaired) electrons. The standard InChI is InChI=1S/C11H12S2/c1-9(11-12-7-8-13-11)10-5-3-2-4-6-10/h2-6H,7-8H2,1H3. The van der Waals surface area contributed by atoms with Crippen LogP contribution in [0.25, 0.3) is 5.57 Å². The molecule has 2 rings (SSSR count). The maximum Gasteiger partial charge on any atom is 0.0436 e. The van der Waals surface area contributed by atoms with Crippen molar-refractivity contribution in [2.45, 2.75) is 6.92 Å². The molecule has 1 aromatic rings.